The summed E-state index contributed by atoms with van der Waals surface area (Å²) in [5, 5.41) is 11.9. The van der Waals surface area contributed by atoms with Gasteiger partial charge in [-0.1, -0.05) is 11.6 Å². The Kier molecular flexibility index (Phi) is 2.71. The Morgan fingerprint density at radius 2 is 2.30 bits per heavy atom. The smallest absolute Gasteiger partial charge is 0.260 e. The number of fused-ring (bicyclic) bond motifs is 3. The minimum absolute atomic E-state index is 0.518. The highest BCUT2D eigenvalue weighted by Gasteiger charge is 2.19. The molecule has 1 aliphatic rings. The third-order valence-corrected chi connectivity index (χ3v) is 3.71. The van der Waals surface area contributed by atoms with E-state index in [0.717, 1.165) is 24.1 Å². The highest BCUT2D eigenvalue weighted by molar-refractivity contribution is 6.31. The zero-order chi connectivity index (χ0) is 13.5. The minimum atomic E-state index is 0.518. The number of benzene rings is 1. The number of halogens is 1. The fraction of sp³-hybridized carbons (Fsp3) is 0.308. The van der Waals surface area contributed by atoms with Crippen molar-refractivity contribution < 1.29 is 4.74 Å². The van der Waals surface area contributed by atoms with E-state index in [1.165, 1.54) is 0 Å². The maximum Gasteiger partial charge on any atom is 0.260 e. The van der Waals surface area contributed by atoms with Gasteiger partial charge in [-0.3, -0.25) is 4.40 Å². The highest BCUT2D eigenvalue weighted by atomic mass is 35.5. The molecule has 7 heteroatoms. The van der Waals surface area contributed by atoms with Crippen LogP contribution in [0, 0.1) is 5.92 Å². The number of hydrogen-bond acceptors (Lipinski definition) is 5. The summed E-state index contributed by atoms with van der Waals surface area (Å²) in [6, 6.07) is 5.53. The summed E-state index contributed by atoms with van der Waals surface area (Å²) >= 11 is 6.03. The Balaban J connectivity index is 1.81. The number of hydrogen-bond donors (Lipinski definition) is 1. The van der Waals surface area contributed by atoms with Crippen molar-refractivity contribution in [3.63, 3.8) is 0 Å². The Morgan fingerprint density at radius 1 is 1.40 bits per heavy atom. The fourth-order valence-electron chi connectivity index (χ4n) is 2.26. The van der Waals surface area contributed by atoms with Crippen molar-refractivity contribution in [1.82, 2.24) is 24.9 Å². The second-order valence-electron chi connectivity index (χ2n) is 4.91. The molecular formula is C13H12ClN5O. The second-order valence-corrected chi connectivity index (χ2v) is 5.35. The first-order chi connectivity index (χ1) is 9.81. The van der Waals surface area contributed by atoms with E-state index in [0.29, 0.717) is 29.1 Å². The average molecular weight is 290 g/mol. The van der Waals surface area contributed by atoms with Gasteiger partial charge < -0.3 is 10.1 Å². The normalized spacial score (nSPS) is 15.7. The summed E-state index contributed by atoms with van der Waals surface area (Å²) in [6.45, 7) is 2.62. The van der Waals surface area contributed by atoms with Gasteiger partial charge in [-0.2, -0.15) is 0 Å². The zero-order valence-electron chi connectivity index (χ0n) is 10.6. The molecule has 3 heterocycles. The highest BCUT2D eigenvalue weighted by Crippen LogP contribution is 2.24. The second kappa shape index (κ2) is 4.57. The Bertz CT molecular complexity index is 783. The Hall–Kier alpha value is -1.92. The van der Waals surface area contributed by atoms with Crippen molar-refractivity contribution >= 4 is 28.3 Å². The standard InChI is InChI=1S/C13H12ClN5O/c14-9-1-2-10-11(3-9)19-7-16-18-12(19)13(17-10)20-6-8-4-15-5-8/h1-3,7-8,15H,4-6H2. The first kappa shape index (κ1) is 11.9. The summed E-state index contributed by atoms with van der Waals surface area (Å²) in [5.41, 5.74) is 2.30. The molecule has 1 fully saturated rings. The predicted octanol–water partition coefficient (Wildman–Crippen LogP) is 1.53. The molecule has 0 unspecified atom stereocenters. The maximum atomic E-state index is 6.03. The van der Waals surface area contributed by atoms with Crippen LogP contribution in [0.25, 0.3) is 16.7 Å². The third kappa shape index (κ3) is 1.88. The van der Waals surface area contributed by atoms with Crippen LogP contribution >= 0.6 is 11.6 Å². The van der Waals surface area contributed by atoms with E-state index in [1.54, 1.807) is 6.33 Å². The van der Waals surface area contributed by atoms with Gasteiger partial charge >= 0.3 is 0 Å². The van der Waals surface area contributed by atoms with Gasteiger partial charge in [0.1, 0.15) is 6.33 Å². The van der Waals surface area contributed by atoms with E-state index in [9.17, 15) is 0 Å². The molecule has 2 aromatic heterocycles. The lowest BCUT2D eigenvalue weighted by molar-refractivity contribution is 0.195. The fourth-order valence-corrected chi connectivity index (χ4v) is 2.43. The molecule has 1 N–H and O–H groups in total. The van der Waals surface area contributed by atoms with Crippen molar-refractivity contribution in [3.8, 4) is 5.88 Å². The first-order valence-corrected chi connectivity index (χ1v) is 6.81. The molecule has 3 aromatic rings. The summed E-state index contributed by atoms with van der Waals surface area (Å²) in [5.74, 6) is 1.06. The van der Waals surface area contributed by atoms with Gasteiger partial charge in [-0.25, -0.2) is 4.98 Å². The molecule has 0 aliphatic carbocycles. The van der Waals surface area contributed by atoms with Crippen LogP contribution in [0.4, 0.5) is 0 Å². The summed E-state index contributed by atoms with van der Waals surface area (Å²) in [4.78, 5) is 4.52. The number of rotatable bonds is 3. The minimum Gasteiger partial charge on any atom is -0.475 e. The molecule has 1 aliphatic heterocycles. The zero-order valence-corrected chi connectivity index (χ0v) is 11.3. The van der Waals surface area contributed by atoms with Crippen molar-refractivity contribution in [2.45, 2.75) is 0 Å². The van der Waals surface area contributed by atoms with Crippen LogP contribution in [-0.2, 0) is 0 Å². The van der Waals surface area contributed by atoms with E-state index in [4.69, 9.17) is 16.3 Å². The van der Waals surface area contributed by atoms with Crippen molar-refractivity contribution in [2.75, 3.05) is 19.7 Å². The lowest BCUT2D eigenvalue weighted by Crippen LogP contribution is -2.45. The average Bonchev–Trinajstić information content (AvgIpc) is 2.87. The molecule has 0 bridgehead atoms. The van der Waals surface area contributed by atoms with Crippen LogP contribution < -0.4 is 10.1 Å². The van der Waals surface area contributed by atoms with Crippen LogP contribution in [0.2, 0.25) is 5.02 Å². The molecule has 1 aromatic carbocycles. The molecule has 0 amide bonds. The summed E-state index contributed by atoms with van der Waals surface area (Å²) < 4.78 is 7.66. The quantitative estimate of drug-likeness (QED) is 0.792. The lowest BCUT2D eigenvalue weighted by atomic mass is 10.1. The Morgan fingerprint density at radius 3 is 3.10 bits per heavy atom. The number of aromatic nitrogens is 4. The molecule has 0 atom stereocenters. The first-order valence-electron chi connectivity index (χ1n) is 6.44. The van der Waals surface area contributed by atoms with Crippen LogP contribution in [0.1, 0.15) is 0 Å². The van der Waals surface area contributed by atoms with Gasteiger partial charge in [-0.05, 0) is 18.2 Å². The molecule has 0 saturated carbocycles. The Labute approximate surface area is 119 Å². The molecule has 1 saturated heterocycles. The van der Waals surface area contributed by atoms with E-state index < -0.39 is 0 Å². The number of ether oxygens (including phenoxy) is 1. The van der Waals surface area contributed by atoms with Gasteiger partial charge in [0.2, 0.25) is 5.65 Å². The van der Waals surface area contributed by atoms with Crippen molar-refractivity contribution in [1.29, 1.82) is 0 Å². The van der Waals surface area contributed by atoms with E-state index in [2.05, 4.69) is 20.5 Å². The van der Waals surface area contributed by atoms with Crippen LogP contribution in [-0.4, -0.2) is 39.3 Å². The molecule has 0 spiro atoms. The van der Waals surface area contributed by atoms with Gasteiger partial charge in [-0.15, -0.1) is 10.2 Å². The molecule has 4 rings (SSSR count). The van der Waals surface area contributed by atoms with Crippen LogP contribution in [0.5, 0.6) is 5.88 Å². The summed E-state index contributed by atoms with van der Waals surface area (Å²) in [7, 11) is 0. The van der Waals surface area contributed by atoms with E-state index in [-0.39, 0.29) is 0 Å². The molecule has 6 nitrogen and oxygen atoms in total. The summed E-state index contributed by atoms with van der Waals surface area (Å²) in [6.07, 6.45) is 1.65. The lowest BCUT2D eigenvalue weighted by Gasteiger charge is -2.26. The molecule has 102 valence electrons. The van der Waals surface area contributed by atoms with Crippen molar-refractivity contribution in [3.05, 3.63) is 29.5 Å². The third-order valence-electron chi connectivity index (χ3n) is 3.48. The SMILES string of the molecule is Clc1ccc2nc(OCC3CNC3)c3nncn3c2c1. The number of nitrogens with zero attached hydrogens (tertiary/aromatic N) is 4. The van der Waals surface area contributed by atoms with Gasteiger partial charge in [0, 0.05) is 24.0 Å². The maximum absolute atomic E-state index is 6.03. The predicted molar refractivity (Wildman–Crippen MR) is 75.2 cm³/mol. The molecular weight excluding hydrogens is 278 g/mol. The van der Waals surface area contributed by atoms with Crippen molar-refractivity contribution in [2.24, 2.45) is 5.92 Å². The molecule has 0 radical (unpaired) electrons. The largest absolute Gasteiger partial charge is 0.475 e. The van der Waals surface area contributed by atoms with Crippen LogP contribution in [0.3, 0.4) is 0 Å². The van der Waals surface area contributed by atoms with Crippen LogP contribution in [0.15, 0.2) is 24.5 Å². The van der Waals surface area contributed by atoms with Gasteiger partial charge in [0.05, 0.1) is 17.6 Å². The number of nitrogens with one attached hydrogen (secondary N) is 1. The topological polar surface area (TPSA) is 64.3 Å². The van der Waals surface area contributed by atoms with E-state index in [1.807, 2.05) is 22.6 Å². The molecule has 20 heavy (non-hydrogen) atoms. The van der Waals surface area contributed by atoms with Gasteiger partial charge in [0.15, 0.2) is 0 Å². The van der Waals surface area contributed by atoms with E-state index >= 15 is 0 Å². The van der Waals surface area contributed by atoms with Gasteiger partial charge in [0.25, 0.3) is 5.88 Å². The monoisotopic (exact) mass is 289 g/mol.